The molecule has 0 bridgehead atoms. The minimum absolute atomic E-state index is 0. The van der Waals surface area contributed by atoms with Crippen LogP contribution in [0.15, 0.2) is 116 Å². The Labute approximate surface area is 268 Å². The third-order valence-corrected chi connectivity index (χ3v) is 9.92. The first-order chi connectivity index (χ1) is 20.2. The molecule has 0 unspecified atom stereocenters. The Hall–Kier alpha value is -3.65. The largest absolute Gasteiger partial charge is 0.504 e. The SMILES string of the molecule is COc1cccc(C)c1[PH+](c1cccc(C(C)(C)C)c1O)c1c(C)cccc1OC.[Ni].[c-]1ccccc1.c1ccncc1. The molecule has 0 saturated heterocycles. The molecule has 0 amide bonds. The van der Waals surface area contributed by atoms with E-state index in [4.69, 9.17) is 9.47 Å². The molecule has 4 nitrogen and oxygen atoms in total. The van der Waals surface area contributed by atoms with Crippen molar-refractivity contribution in [2.75, 3.05) is 14.2 Å². The van der Waals surface area contributed by atoms with Crippen LogP contribution in [-0.2, 0) is 21.9 Å². The number of pyridine rings is 1. The predicted molar refractivity (Wildman–Crippen MR) is 179 cm³/mol. The van der Waals surface area contributed by atoms with Crippen LogP contribution in [0.5, 0.6) is 17.2 Å². The topological polar surface area (TPSA) is 51.6 Å². The minimum Gasteiger partial charge on any atom is -0.504 e. The van der Waals surface area contributed by atoms with Gasteiger partial charge >= 0.3 is 0 Å². The maximum absolute atomic E-state index is 11.5. The van der Waals surface area contributed by atoms with Gasteiger partial charge in [0.1, 0.15) is 23.8 Å². The van der Waals surface area contributed by atoms with Gasteiger partial charge < -0.3 is 14.6 Å². The van der Waals surface area contributed by atoms with Crippen molar-refractivity contribution in [1.82, 2.24) is 4.98 Å². The summed E-state index contributed by atoms with van der Waals surface area (Å²) >= 11 is 0. The minimum atomic E-state index is -1.63. The molecule has 0 aliphatic carbocycles. The van der Waals surface area contributed by atoms with Gasteiger partial charge in [0.15, 0.2) is 17.2 Å². The first-order valence-corrected chi connectivity index (χ1v) is 15.4. The molecule has 0 fully saturated rings. The number of phenolic OH excluding ortho intramolecular Hbond substituents is 1. The maximum Gasteiger partial charge on any atom is 0.162 e. The van der Waals surface area contributed by atoms with Crippen molar-refractivity contribution in [2.24, 2.45) is 0 Å². The second-order valence-electron chi connectivity index (χ2n) is 10.7. The number of benzene rings is 4. The van der Waals surface area contributed by atoms with Gasteiger partial charge in [-0.2, -0.15) is 36.4 Å². The number of phenols is 1. The summed E-state index contributed by atoms with van der Waals surface area (Å²) < 4.78 is 11.6. The molecule has 43 heavy (non-hydrogen) atoms. The van der Waals surface area contributed by atoms with Crippen molar-refractivity contribution in [2.45, 2.75) is 40.0 Å². The molecular weight excluding hydrogens is 596 g/mol. The Balaban J connectivity index is 0.000000409. The second kappa shape index (κ2) is 17.5. The van der Waals surface area contributed by atoms with Gasteiger partial charge in [-0.3, -0.25) is 4.98 Å². The van der Waals surface area contributed by atoms with Crippen LogP contribution >= 0.6 is 7.92 Å². The van der Waals surface area contributed by atoms with Crippen LogP contribution in [0, 0.1) is 19.9 Å². The quantitative estimate of drug-likeness (QED) is 0.124. The number of para-hydroxylation sites is 1. The van der Waals surface area contributed by atoms with Crippen molar-refractivity contribution < 1.29 is 31.1 Å². The zero-order valence-corrected chi connectivity index (χ0v) is 28.0. The fourth-order valence-electron chi connectivity index (χ4n) is 4.66. The molecule has 0 spiro atoms. The maximum atomic E-state index is 11.5. The Bertz CT molecular complexity index is 1380. The van der Waals surface area contributed by atoms with Crippen LogP contribution in [0.3, 0.4) is 0 Å². The standard InChI is InChI=1S/C26H31O3P.C6H5.C5H5N.Ni/c1-17-11-8-14-20(28-6)24(17)30(25-18(2)12-9-15-21(25)29-7)22-16-10-13-19(23(22)27)26(3,4)5;2*1-2-4-6-5-3-1;/h8-16,27H,1-7H3;2*1-5H;/q;-1;;/p+1. The number of aryl methyl sites for hydroxylation is 2. The first-order valence-electron chi connectivity index (χ1n) is 13.9. The summed E-state index contributed by atoms with van der Waals surface area (Å²) in [6.07, 6.45) is 3.50. The van der Waals surface area contributed by atoms with Crippen LogP contribution in [0.25, 0.3) is 0 Å². The fraction of sp³-hybridized carbons (Fsp3) is 0.216. The molecule has 0 atom stereocenters. The van der Waals surface area contributed by atoms with Gasteiger partial charge in [0.25, 0.3) is 0 Å². The van der Waals surface area contributed by atoms with Crippen molar-refractivity contribution in [3.05, 3.63) is 138 Å². The number of aromatic nitrogens is 1. The van der Waals surface area contributed by atoms with Crippen LogP contribution in [-0.4, -0.2) is 24.3 Å². The van der Waals surface area contributed by atoms with Crippen molar-refractivity contribution in [1.29, 1.82) is 0 Å². The molecule has 1 heterocycles. The van der Waals surface area contributed by atoms with E-state index in [1.807, 2.05) is 78.9 Å². The summed E-state index contributed by atoms with van der Waals surface area (Å²) in [6, 6.07) is 36.6. The molecule has 228 valence electrons. The van der Waals surface area contributed by atoms with Crippen LogP contribution in [0.4, 0.5) is 0 Å². The van der Waals surface area contributed by atoms with E-state index in [0.717, 1.165) is 44.1 Å². The van der Waals surface area contributed by atoms with E-state index >= 15 is 0 Å². The van der Waals surface area contributed by atoms with Crippen LogP contribution in [0.2, 0.25) is 0 Å². The third-order valence-electron chi connectivity index (χ3n) is 6.70. The van der Waals surface area contributed by atoms with Gasteiger partial charge in [0.05, 0.1) is 14.2 Å². The molecule has 5 rings (SSSR count). The number of ether oxygens (including phenoxy) is 2. The van der Waals surface area contributed by atoms with E-state index in [9.17, 15) is 5.11 Å². The van der Waals surface area contributed by atoms with E-state index < -0.39 is 7.92 Å². The van der Waals surface area contributed by atoms with E-state index in [1.54, 1.807) is 26.6 Å². The molecular formula is C37H42NNiO3P. The third kappa shape index (κ3) is 9.68. The number of hydrogen-bond acceptors (Lipinski definition) is 4. The normalized spacial score (nSPS) is 10.3. The number of hydrogen-bond donors (Lipinski definition) is 1. The number of nitrogens with zero attached hydrogens (tertiary/aromatic N) is 1. The Morgan fingerprint density at radius 2 is 1.16 bits per heavy atom. The van der Waals surface area contributed by atoms with Gasteiger partial charge in [-0.15, -0.1) is 0 Å². The molecule has 4 aromatic carbocycles. The van der Waals surface area contributed by atoms with E-state index in [2.05, 4.69) is 69.9 Å². The summed E-state index contributed by atoms with van der Waals surface area (Å²) in [5, 5.41) is 14.7. The van der Waals surface area contributed by atoms with Crippen molar-refractivity contribution in [3.63, 3.8) is 0 Å². The summed E-state index contributed by atoms with van der Waals surface area (Å²) in [7, 11) is 1.78. The Morgan fingerprint density at radius 3 is 1.51 bits per heavy atom. The Morgan fingerprint density at radius 1 is 0.674 bits per heavy atom. The van der Waals surface area contributed by atoms with Crippen molar-refractivity contribution >= 4 is 23.8 Å². The van der Waals surface area contributed by atoms with Gasteiger partial charge in [-0.05, 0) is 60.7 Å². The molecule has 6 heteroatoms. The molecule has 0 aliphatic rings. The van der Waals surface area contributed by atoms with Gasteiger partial charge in [0.2, 0.25) is 0 Å². The molecule has 0 saturated carbocycles. The molecule has 1 aromatic heterocycles. The number of aromatic hydroxyl groups is 1. The number of rotatable bonds is 5. The summed E-state index contributed by atoms with van der Waals surface area (Å²) in [5.41, 5.74) is 3.07. The smallest absolute Gasteiger partial charge is 0.162 e. The molecule has 1 N–H and O–H groups in total. The summed E-state index contributed by atoms with van der Waals surface area (Å²) in [5.74, 6) is 2.05. The average Bonchev–Trinajstić information content (AvgIpc) is 3.01. The van der Waals surface area contributed by atoms with E-state index in [0.29, 0.717) is 5.75 Å². The second-order valence-corrected chi connectivity index (χ2v) is 13.0. The first kappa shape index (κ1) is 35.5. The summed E-state index contributed by atoms with van der Waals surface area (Å²) in [6.45, 7) is 10.6. The zero-order chi connectivity index (χ0) is 30.5. The molecule has 0 aliphatic heterocycles. The fourth-order valence-corrected chi connectivity index (χ4v) is 7.90. The Kier molecular flexibility index (Phi) is 14.4. The van der Waals surface area contributed by atoms with Crippen LogP contribution < -0.4 is 25.4 Å². The molecule has 0 radical (unpaired) electrons. The van der Waals surface area contributed by atoms with E-state index in [-0.39, 0.29) is 21.9 Å². The van der Waals surface area contributed by atoms with Crippen LogP contribution in [0.1, 0.15) is 37.5 Å². The summed E-state index contributed by atoms with van der Waals surface area (Å²) in [4.78, 5) is 3.78. The van der Waals surface area contributed by atoms with Gasteiger partial charge in [-0.1, -0.05) is 63.2 Å². The molecule has 5 aromatic rings. The van der Waals surface area contributed by atoms with Crippen molar-refractivity contribution in [3.8, 4) is 17.2 Å². The predicted octanol–water partition coefficient (Wildman–Crippen LogP) is 7.38. The average molecular weight is 638 g/mol. The zero-order valence-electron chi connectivity index (χ0n) is 26.0. The van der Waals surface area contributed by atoms with Gasteiger partial charge in [-0.25, -0.2) is 0 Å². The van der Waals surface area contributed by atoms with Gasteiger partial charge in [0, 0.05) is 34.4 Å². The van der Waals surface area contributed by atoms with E-state index in [1.165, 1.54) is 0 Å². The number of methoxy groups -OCH3 is 2. The monoisotopic (exact) mass is 637 g/mol.